The predicted octanol–water partition coefficient (Wildman–Crippen LogP) is 2.05. The highest BCUT2D eigenvalue weighted by Gasteiger charge is 2.10. The van der Waals surface area contributed by atoms with Gasteiger partial charge in [0, 0.05) is 24.0 Å². The third kappa shape index (κ3) is 2.15. The summed E-state index contributed by atoms with van der Waals surface area (Å²) in [6.45, 7) is 0. The van der Waals surface area contributed by atoms with Gasteiger partial charge in [0.05, 0.1) is 5.69 Å². The molecule has 2 heterocycles. The Labute approximate surface area is 108 Å². The monoisotopic (exact) mass is 255 g/mol. The van der Waals surface area contributed by atoms with Crippen LogP contribution in [0.4, 0.5) is 10.2 Å². The highest BCUT2D eigenvalue weighted by Crippen LogP contribution is 2.21. The average Bonchev–Trinajstić information content (AvgIpc) is 2.83. The van der Waals surface area contributed by atoms with E-state index in [-0.39, 0.29) is 5.82 Å². The number of hydrogen-bond donors (Lipinski definition) is 1. The SMILES string of the molecule is Nc1cc(-c2ccc(F)cc2)nn1-c1ncccn1. The molecule has 0 radical (unpaired) electrons. The van der Waals surface area contributed by atoms with E-state index in [0.717, 1.165) is 5.56 Å². The number of aromatic nitrogens is 4. The van der Waals surface area contributed by atoms with Crippen LogP contribution in [0, 0.1) is 5.82 Å². The molecule has 3 aromatic rings. The van der Waals surface area contributed by atoms with Gasteiger partial charge >= 0.3 is 0 Å². The van der Waals surface area contributed by atoms with Gasteiger partial charge in [-0.3, -0.25) is 0 Å². The van der Waals surface area contributed by atoms with Gasteiger partial charge in [0.2, 0.25) is 0 Å². The van der Waals surface area contributed by atoms with Crippen LogP contribution in [-0.2, 0) is 0 Å². The van der Waals surface area contributed by atoms with Gasteiger partial charge in [-0.2, -0.15) is 9.78 Å². The molecule has 3 rings (SSSR count). The summed E-state index contributed by atoms with van der Waals surface area (Å²) in [5.41, 5.74) is 7.31. The molecule has 2 N–H and O–H groups in total. The molecule has 0 atom stereocenters. The zero-order valence-electron chi connectivity index (χ0n) is 9.86. The van der Waals surface area contributed by atoms with E-state index in [1.165, 1.54) is 16.8 Å². The molecule has 6 heteroatoms. The number of anilines is 1. The molecule has 0 bridgehead atoms. The first-order valence-electron chi connectivity index (χ1n) is 5.63. The Morgan fingerprint density at radius 2 is 1.74 bits per heavy atom. The molecule has 0 unspecified atom stereocenters. The smallest absolute Gasteiger partial charge is 0.252 e. The second-order valence-electron chi connectivity index (χ2n) is 3.92. The van der Waals surface area contributed by atoms with Crippen LogP contribution in [0.5, 0.6) is 0 Å². The molecule has 94 valence electrons. The number of nitrogens with two attached hydrogens (primary N) is 1. The van der Waals surface area contributed by atoms with Crippen LogP contribution >= 0.6 is 0 Å². The minimum absolute atomic E-state index is 0.289. The summed E-state index contributed by atoms with van der Waals surface area (Å²) in [5, 5.41) is 4.32. The summed E-state index contributed by atoms with van der Waals surface area (Å²) in [6, 6.07) is 9.46. The van der Waals surface area contributed by atoms with E-state index in [1.807, 2.05) is 0 Å². The van der Waals surface area contributed by atoms with E-state index in [0.29, 0.717) is 17.5 Å². The largest absolute Gasteiger partial charge is 0.383 e. The summed E-state index contributed by atoms with van der Waals surface area (Å²) in [6.07, 6.45) is 3.22. The first kappa shape index (κ1) is 11.3. The fourth-order valence-electron chi connectivity index (χ4n) is 1.72. The van der Waals surface area contributed by atoms with Crippen molar-refractivity contribution in [1.82, 2.24) is 19.7 Å². The van der Waals surface area contributed by atoms with Crippen molar-refractivity contribution >= 4 is 5.82 Å². The number of halogens is 1. The van der Waals surface area contributed by atoms with Gasteiger partial charge < -0.3 is 5.73 Å². The van der Waals surface area contributed by atoms with Gasteiger partial charge in [-0.25, -0.2) is 14.4 Å². The van der Waals surface area contributed by atoms with Gasteiger partial charge in [0.25, 0.3) is 5.95 Å². The van der Waals surface area contributed by atoms with E-state index in [1.54, 1.807) is 36.7 Å². The molecule has 1 aromatic carbocycles. The van der Waals surface area contributed by atoms with Crippen molar-refractivity contribution in [2.45, 2.75) is 0 Å². The van der Waals surface area contributed by atoms with E-state index in [9.17, 15) is 4.39 Å². The van der Waals surface area contributed by atoms with Crippen LogP contribution in [0.3, 0.4) is 0 Å². The molecule has 0 aliphatic heterocycles. The lowest BCUT2D eigenvalue weighted by molar-refractivity contribution is 0.628. The minimum Gasteiger partial charge on any atom is -0.383 e. The van der Waals surface area contributed by atoms with E-state index < -0.39 is 0 Å². The van der Waals surface area contributed by atoms with Crippen molar-refractivity contribution in [2.24, 2.45) is 0 Å². The quantitative estimate of drug-likeness (QED) is 0.760. The first-order chi connectivity index (χ1) is 9.24. The van der Waals surface area contributed by atoms with Crippen molar-refractivity contribution in [3.05, 3.63) is 54.6 Å². The summed E-state index contributed by atoms with van der Waals surface area (Å²) in [7, 11) is 0. The molecule has 0 aliphatic rings. The van der Waals surface area contributed by atoms with E-state index in [4.69, 9.17) is 5.73 Å². The van der Waals surface area contributed by atoms with E-state index >= 15 is 0 Å². The molecule has 0 fully saturated rings. The van der Waals surface area contributed by atoms with E-state index in [2.05, 4.69) is 15.1 Å². The highest BCUT2D eigenvalue weighted by molar-refractivity contribution is 5.62. The third-order valence-corrected chi connectivity index (χ3v) is 2.62. The maximum absolute atomic E-state index is 12.9. The summed E-state index contributed by atoms with van der Waals surface area (Å²) in [5.74, 6) is 0.529. The number of nitrogens with zero attached hydrogens (tertiary/aromatic N) is 4. The molecule has 0 spiro atoms. The minimum atomic E-state index is -0.289. The second kappa shape index (κ2) is 4.49. The lowest BCUT2D eigenvalue weighted by Gasteiger charge is -2.00. The fraction of sp³-hybridized carbons (Fsp3) is 0. The van der Waals surface area contributed by atoms with Crippen LogP contribution in [0.25, 0.3) is 17.2 Å². The van der Waals surface area contributed by atoms with Crippen LogP contribution in [0.2, 0.25) is 0 Å². The Hall–Kier alpha value is -2.76. The predicted molar refractivity (Wildman–Crippen MR) is 69.0 cm³/mol. The molecule has 0 saturated heterocycles. The average molecular weight is 255 g/mol. The topological polar surface area (TPSA) is 69.6 Å². The zero-order chi connectivity index (χ0) is 13.2. The summed E-state index contributed by atoms with van der Waals surface area (Å²) in [4.78, 5) is 8.16. The number of hydrogen-bond acceptors (Lipinski definition) is 4. The number of rotatable bonds is 2. The maximum atomic E-state index is 12.9. The third-order valence-electron chi connectivity index (χ3n) is 2.62. The van der Waals surface area contributed by atoms with Crippen LogP contribution in [0.15, 0.2) is 48.8 Å². The Balaban J connectivity index is 2.04. The van der Waals surface area contributed by atoms with Crippen LogP contribution in [-0.4, -0.2) is 19.7 Å². The van der Waals surface area contributed by atoms with Gasteiger partial charge in [0.15, 0.2) is 0 Å². The van der Waals surface area contributed by atoms with Crippen LogP contribution < -0.4 is 5.73 Å². The molecule has 19 heavy (non-hydrogen) atoms. The van der Waals surface area contributed by atoms with Crippen molar-refractivity contribution in [3.63, 3.8) is 0 Å². The molecule has 0 aliphatic carbocycles. The number of nitrogen functional groups attached to an aromatic ring is 1. The summed E-state index contributed by atoms with van der Waals surface area (Å²) >= 11 is 0. The van der Waals surface area contributed by atoms with Gasteiger partial charge in [0.1, 0.15) is 11.6 Å². The van der Waals surface area contributed by atoms with Crippen LogP contribution in [0.1, 0.15) is 0 Å². The molecular formula is C13H10FN5. The lowest BCUT2D eigenvalue weighted by atomic mass is 10.1. The lowest BCUT2D eigenvalue weighted by Crippen LogP contribution is -2.05. The standard InChI is InChI=1S/C13H10FN5/c14-10-4-2-9(3-5-10)11-8-12(15)19(18-11)13-16-6-1-7-17-13/h1-8H,15H2. The maximum Gasteiger partial charge on any atom is 0.252 e. The van der Waals surface area contributed by atoms with Gasteiger partial charge in [-0.1, -0.05) is 0 Å². The highest BCUT2D eigenvalue weighted by atomic mass is 19.1. The van der Waals surface area contributed by atoms with Gasteiger partial charge in [-0.15, -0.1) is 0 Å². The summed E-state index contributed by atoms with van der Waals surface area (Å²) < 4.78 is 14.3. The van der Waals surface area contributed by atoms with Crippen molar-refractivity contribution in [1.29, 1.82) is 0 Å². The first-order valence-corrected chi connectivity index (χ1v) is 5.63. The molecule has 2 aromatic heterocycles. The molecule has 0 amide bonds. The number of benzene rings is 1. The molecule has 0 saturated carbocycles. The Morgan fingerprint density at radius 1 is 1.05 bits per heavy atom. The Bertz CT molecular complexity index is 691. The molecular weight excluding hydrogens is 245 g/mol. The zero-order valence-corrected chi connectivity index (χ0v) is 9.86. The Morgan fingerprint density at radius 3 is 2.42 bits per heavy atom. The normalized spacial score (nSPS) is 10.6. The van der Waals surface area contributed by atoms with Crippen molar-refractivity contribution in [3.8, 4) is 17.2 Å². The van der Waals surface area contributed by atoms with Gasteiger partial charge in [-0.05, 0) is 30.3 Å². The van der Waals surface area contributed by atoms with Crippen molar-refractivity contribution in [2.75, 3.05) is 5.73 Å². The second-order valence-corrected chi connectivity index (χ2v) is 3.92. The Kier molecular flexibility index (Phi) is 2.68. The fourth-order valence-corrected chi connectivity index (χ4v) is 1.72. The molecule has 5 nitrogen and oxygen atoms in total. The van der Waals surface area contributed by atoms with Crippen molar-refractivity contribution < 1.29 is 4.39 Å².